The van der Waals surface area contributed by atoms with Crippen LogP contribution < -0.4 is 10.1 Å². The Kier molecular flexibility index (Phi) is 3.78. The van der Waals surface area contributed by atoms with E-state index in [-0.39, 0.29) is 6.04 Å². The van der Waals surface area contributed by atoms with Gasteiger partial charge in [0.2, 0.25) is 5.95 Å². The fraction of sp³-hybridized carbons (Fsp3) is 0.118. The monoisotopic (exact) mass is 383 g/mol. The second-order valence-corrected chi connectivity index (χ2v) is 6.30. The number of hydrogen-bond acceptors (Lipinski definition) is 5. The molecule has 0 radical (unpaired) electrons. The molecule has 4 rings (SSSR count). The van der Waals surface area contributed by atoms with E-state index in [0.29, 0.717) is 5.95 Å². The minimum atomic E-state index is -0.0880. The summed E-state index contributed by atoms with van der Waals surface area (Å²) < 4.78 is 8.11. The number of hydrogen-bond donors (Lipinski definition) is 1. The molecule has 0 amide bonds. The Morgan fingerprint density at radius 1 is 1.17 bits per heavy atom. The Balaban J connectivity index is 1.81. The molecule has 0 saturated heterocycles. The molecule has 1 atom stereocenters. The summed E-state index contributed by atoms with van der Waals surface area (Å²) in [4.78, 5) is 0. The number of aromatic nitrogens is 4. The zero-order valence-electron chi connectivity index (χ0n) is 12.8. The average Bonchev–Trinajstić information content (AvgIpc) is 3.09. The van der Waals surface area contributed by atoms with Crippen molar-refractivity contribution in [2.24, 2.45) is 0 Å². The van der Waals surface area contributed by atoms with Crippen LogP contribution >= 0.6 is 15.9 Å². The standard InChI is InChI=1S/C17H14BrN5O/c1-24-14-7-3-4-11(9-14)15-10-16(12-5-2-6-13(18)8-12)23-17(19-15)20-21-22-23/h2-10,16H,1H3,(H,19,20,22)/t16-/m0/s1. The first kappa shape index (κ1) is 14.9. The third kappa shape index (κ3) is 2.67. The Hall–Kier alpha value is -2.67. The second kappa shape index (κ2) is 6.09. The first-order chi connectivity index (χ1) is 11.7. The lowest BCUT2D eigenvalue weighted by Crippen LogP contribution is -2.20. The molecular weight excluding hydrogens is 370 g/mol. The fourth-order valence-electron chi connectivity index (χ4n) is 2.74. The molecule has 6 nitrogen and oxygen atoms in total. The fourth-order valence-corrected chi connectivity index (χ4v) is 3.16. The maximum atomic E-state index is 5.32. The number of ether oxygens (including phenoxy) is 1. The lowest BCUT2D eigenvalue weighted by Gasteiger charge is -2.23. The molecule has 0 spiro atoms. The van der Waals surface area contributed by atoms with Gasteiger partial charge in [0.15, 0.2) is 0 Å². The Bertz CT molecular complexity index is 921. The topological polar surface area (TPSA) is 64.9 Å². The molecule has 120 valence electrons. The molecule has 0 bridgehead atoms. The molecule has 7 heteroatoms. The van der Waals surface area contributed by atoms with Crippen molar-refractivity contribution in [2.75, 3.05) is 12.4 Å². The summed E-state index contributed by atoms with van der Waals surface area (Å²) in [7, 11) is 1.66. The van der Waals surface area contributed by atoms with Crippen LogP contribution in [0.1, 0.15) is 17.2 Å². The summed E-state index contributed by atoms with van der Waals surface area (Å²) in [6.07, 6.45) is 2.11. The van der Waals surface area contributed by atoms with E-state index in [1.165, 1.54) is 0 Å². The van der Waals surface area contributed by atoms with Gasteiger partial charge in [0.1, 0.15) is 11.8 Å². The van der Waals surface area contributed by atoms with Crippen LogP contribution in [0.2, 0.25) is 0 Å². The third-order valence-corrected chi connectivity index (χ3v) is 4.39. The molecule has 0 fully saturated rings. The van der Waals surface area contributed by atoms with Crippen LogP contribution in [-0.4, -0.2) is 27.3 Å². The van der Waals surface area contributed by atoms with Gasteiger partial charge < -0.3 is 10.1 Å². The first-order valence-corrected chi connectivity index (χ1v) is 8.20. The normalized spacial score (nSPS) is 16.1. The quantitative estimate of drug-likeness (QED) is 0.749. The van der Waals surface area contributed by atoms with Gasteiger partial charge >= 0.3 is 0 Å². The summed E-state index contributed by atoms with van der Waals surface area (Å²) in [5, 5.41) is 15.3. The summed E-state index contributed by atoms with van der Waals surface area (Å²) >= 11 is 3.52. The van der Waals surface area contributed by atoms with Crippen molar-refractivity contribution >= 4 is 27.6 Å². The number of allylic oxidation sites excluding steroid dienone is 1. The number of anilines is 1. The molecule has 3 aromatic rings. The second-order valence-electron chi connectivity index (χ2n) is 5.38. The van der Waals surface area contributed by atoms with Crippen LogP contribution in [0.3, 0.4) is 0 Å². The molecule has 0 saturated carbocycles. The summed E-state index contributed by atoms with van der Waals surface area (Å²) in [5.41, 5.74) is 3.06. The zero-order chi connectivity index (χ0) is 16.5. The highest BCUT2D eigenvalue weighted by atomic mass is 79.9. The van der Waals surface area contributed by atoms with Crippen molar-refractivity contribution in [3.8, 4) is 5.75 Å². The van der Waals surface area contributed by atoms with Gasteiger partial charge in [-0.2, -0.15) is 4.68 Å². The molecule has 1 aliphatic rings. The predicted molar refractivity (Wildman–Crippen MR) is 94.7 cm³/mol. The lowest BCUT2D eigenvalue weighted by molar-refractivity contribution is 0.414. The van der Waals surface area contributed by atoms with E-state index in [4.69, 9.17) is 4.74 Å². The molecule has 24 heavy (non-hydrogen) atoms. The highest BCUT2D eigenvalue weighted by Gasteiger charge is 2.24. The van der Waals surface area contributed by atoms with E-state index in [1.54, 1.807) is 11.8 Å². The van der Waals surface area contributed by atoms with E-state index < -0.39 is 0 Å². The van der Waals surface area contributed by atoms with Crippen LogP contribution in [0.4, 0.5) is 5.95 Å². The predicted octanol–water partition coefficient (Wildman–Crippen LogP) is 3.50. The van der Waals surface area contributed by atoms with Crippen LogP contribution in [-0.2, 0) is 0 Å². The molecule has 0 unspecified atom stereocenters. The molecule has 1 N–H and O–H groups in total. The van der Waals surface area contributed by atoms with Crippen LogP contribution in [0.15, 0.2) is 59.1 Å². The van der Waals surface area contributed by atoms with Crippen LogP contribution in [0.25, 0.3) is 5.70 Å². The van der Waals surface area contributed by atoms with Gasteiger partial charge in [-0.05, 0) is 46.3 Å². The van der Waals surface area contributed by atoms with E-state index in [1.807, 2.05) is 36.4 Å². The zero-order valence-corrected chi connectivity index (χ0v) is 14.4. The minimum Gasteiger partial charge on any atom is -0.497 e. The average molecular weight is 384 g/mol. The largest absolute Gasteiger partial charge is 0.497 e. The minimum absolute atomic E-state index is 0.0880. The number of halogens is 1. The summed E-state index contributed by atoms with van der Waals surface area (Å²) in [6, 6.07) is 15.9. The van der Waals surface area contributed by atoms with Crippen molar-refractivity contribution in [3.05, 3.63) is 70.2 Å². The summed E-state index contributed by atoms with van der Waals surface area (Å²) in [6.45, 7) is 0. The van der Waals surface area contributed by atoms with Gasteiger partial charge in [0.25, 0.3) is 0 Å². The van der Waals surface area contributed by atoms with E-state index in [0.717, 1.165) is 27.0 Å². The van der Waals surface area contributed by atoms with Crippen molar-refractivity contribution in [1.82, 2.24) is 20.2 Å². The van der Waals surface area contributed by atoms with Gasteiger partial charge in [-0.3, -0.25) is 0 Å². The Morgan fingerprint density at radius 2 is 2.04 bits per heavy atom. The molecule has 1 aliphatic heterocycles. The maximum absolute atomic E-state index is 5.32. The number of fused-ring (bicyclic) bond motifs is 1. The molecule has 2 heterocycles. The molecule has 2 aromatic carbocycles. The van der Waals surface area contributed by atoms with E-state index in [2.05, 4.69) is 55.0 Å². The summed E-state index contributed by atoms with van der Waals surface area (Å²) in [5.74, 6) is 1.42. The van der Waals surface area contributed by atoms with E-state index in [9.17, 15) is 0 Å². The van der Waals surface area contributed by atoms with Gasteiger partial charge in [-0.1, -0.05) is 45.3 Å². The van der Waals surface area contributed by atoms with Gasteiger partial charge in [0.05, 0.1) is 7.11 Å². The number of tetrazole rings is 1. The molecular formula is C17H14BrN5O. The number of rotatable bonds is 3. The Morgan fingerprint density at radius 3 is 2.88 bits per heavy atom. The Labute approximate surface area is 147 Å². The maximum Gasteiger partial charge on any atom is 0.248 e. The van der Waals surface area contributed by atoms with Crippen LogP contribution in [0, 0.1) is 0 Å². The highest BCUT2D eigenvalue weighted by Crippen LogP contribution is 2.33. The lowest BCUT2D eigenvalue weighted by atomic mass is 10.0. The van der Waals surface area contributed by atoms with Crippen LogP contribution in [0.5, 0.6) is 5.75 Å². The first-order valence-electron chi connectivity index (χ1n) is 7.41. The van der Waals surface area contributed by atoms with Gasteiger partial charge in [-0.15, -0.1) is 0 Å². The van der Waals surface area contributed by atoms with Gasteiger partial charge in [0, 0.05) is 15.7 Å². The van der Waals surface area contributed by atoms with E-state index >= 15 is 0 Å². The van der Waals surface area contributed by atoms with Crippen molar-refractivity contribution < 1.29 is 4.74 Å². The number of nitrogens with zero attached hydrogens (tertiary/aromatic N) is 4. The smallest absolute Gasteiger partial charge is 0.248 e. The molecule has 1 aromatic heterocycles. The highest BCUT2D eigenvalue weighted by molar-refractivity contribution is 9.10. The molecule has 0 aliphatic carbocycles. The van der Waals surface area contributed by atoms with Crippen molar-refractivity contribution in [1.29, 1.82) is 0 Å². The van der Waals surface area contributed by atoms with Crippen molar-refractivity contribution in [3.63, 3.8) is 0 Å². The SMILES string of the molecule is COc1cccc(C2=C[C@@H](c3cccc(Br)c3)n3nnnc3N2)c1. The number of nitrogens with one attached hydrogen (secondary N) is 1. The third-order valence-electron chi connectivity index (χ3n) is 3.90. The van der Waals surface area contributed by atoms with Gasteiger partial charge in [-0.25, -0.2) is 0 Å². The number of benzene rings is 2. The number of methoxy groups -OCH3 is 1. The van der Waals surface area contributed by atoms with Crippen molar-refractivity contribution in [2.45, 2.75) is 6.04 Å².